The molecule has 7 nitrogen and oxygen atoms in total. The SMILES string of the molecule is CC(=O)Nc1ccc(NC(=O)[C@H](C)N(C)CC(=O)NC(C)C)cc1. The summed E-state index contributed by atoms with van der Waals surface area (Å²) in [6, 6.07) is 6.45. The Kier molecular flexibility index (Phi) is 7.38. The first-order chi connectivity index (χ1) is 11.2. The van der Waals surface area contributed by atoms with Gasteiger partial charge in [0.15, 0.2) is 0 Å². The van der Waals surface area contributed by atoms with Crippen molar-refractivity contribution in [2.75, 3.05) is 24.2 Å². The van der Waals surface area contributed by atoms with Gasteiger partial charge in [-0.05, 0) is 52.1 Å². The van der Waals surface area contributed by atoms with Crippen molar-refractivity contribution >= 4 is 29.1 Å². The van der Waals surface area contributed by atoms with Crippen molar-refractivity contribution in [3.63, 3.8) is 0 Å². The number of hydrogen-bond donors (Lipinski definition) is 3. The Morgan fingerprint density at radius 1 is 1.00 bits per heavy atom. The van der Waals surface area contributed by atoms with Gasteiger partial charge in [0.1, 0.15) is 0 Å². The van der Waals surface area contributed by atoms with Crippen molar-refractivity contribution in [2.24, 2.45) is 0 Å². The van der Waals surface area contributed by atoms with Crippen molar-refractivity contribution in [1.82, 2.24) is 10.2 Å². The maximum absolute atomic E-state index is 12.3. The Bertz CT molecular complexity index is 584. The zero-order valence-corrected chi connectivity index (χ0v) is 14.8. The lowest BCUT2D eigenvalue weighted by molar-refractivity contribution is -0.125. The average molecular weight is 334 g/mol. The lowest BCUT2D eigenvalue weighted by atomic mass is 10.2. The highest BCUT2D eigenvalue weighted by Crippen LogP contribution is 2.14. The van der Waals surface area contributed by atoms with E-state index in [1.807, 2.05) is 13.8 Å². The molecule has 0 aliphatic heterocycles. The summed E-state index contributed by atoms with van der Waals surface area (Å²) in [6.07, 6.45) is 0. The number of carbonyl (C=O) groups is 3. The summed E-state index contributed by atoms with van der Waals surface area (Å²) in [6.45, 7) is 7.10. The van der Waals surface area contributed by atoms with Crippen LogP contribution in [-0.4, -0.2) is 48.3 Å². The van der Waals surface area contributed by atoms with Gasteiger partial charge in [0.2, 0.25) is 17.7 Å². The Morgan fingerprint density at radius 3 is 1.96 bits per heavy atom. The molecule has 24 heavy (non-hydrogen) atoms. The van der Waals surface area contributed by atoms with Gasteiger partial charge in [0.25, 0.3) is 0 Å². The van der Waals surface area contributed by atoms with Crippen molar-refractivity contribution in [2.45, 2.75) is 39.8 Å². The Labute approximate surface area is 142 Å². The van der Waals surface area contributed by atoms with Crippen LogP contribution in [-0.2, 0) is 14.4 Å². The number of likely N-dealkylation sites (N-methyl/N-ethyl adjacent to an activating group) is 1. The Balaban J connectivity index is 2.56. The highest BCUT2D eigenvalue weighted by Gasteiger charge is 2.20. The minimum atomic E-state index is -0.460. The van der Waals surface area contributed by atoms with Crippen LogP contribution in [0, 0.1) is 0 Å². The van der Waals surface area contributed by atoms with E-state index in [1.54, 1.807) is 43.1 Å². The van der Waals surface area contributed by atoms with Gasteiger partial charge in [-0.15, -0.1) is 0 Å². The zero-order chi connectivity index (χ0) is 18.3. The molecule has 0 bridgehead atoms. The van der Waals surface area contributed by atoms with Gasteiger partial charge in [-0.3, -0.25) is 19.3 Å². The third-order valence-electron chi connectivity index (χ3n) is 3.36. The fourth-order valence-electron chi connectivity index (χ4n) is 2.02. The standard InChI is InChI=1S/C17H26N4O3/c1-11(2)18-16(23)10-21(5)12(3)17(24)20-15-8-6-14(7-9-15)19-13(4)22/h6-9,11-12H,10H2,1-5H3,(H,18,23)(H,19,22)(H,20,24)/t12-/m0/s1. The maximum Gasteiger partial charge on any atom is 0.241 e. The number of anilines is 2. The van der Waals surface area contributed by atoms with E-state index in [2.05, 4.69) is 16.0 Å². The number of carbonyl (C=O) groups excluding carboxylic acids is 3. The number of rotatable bonds is 7. The normalized spacial score (nSPS) is 12.0. The Hall–Kier alpha value is -2.41. The second-order valence-electron chi connectivity index (χ2n) is 6.06. The minimum absolute atomic E-state index is 0.0668. The van der Waals surface area contributed by atoms with Gasteiger partial charge in [-0.25, -0.2) is 0 Å². The first kappa shape index (κ1) is 19.6. The van der Waals surface area contributed by atoms with E-state index >= 15 is 0 Å². The third kappa shape index (κ3) is 6.78. The van der Waals surface area contributed by atoms with Crippen molar-refractivity contribution in [3.8, 4) is 0 Å². The predicted octanol–water partition coefficient (Wildman–Crippen LogP) is 1.43. The number of hydrogen-bond acceptors (Lipinski definition) is 4. The topological polar surface area (TPSA) is 90.5 Å². The smallest absolute Gasteiger partial charge is 0.241 e. The molecule has 1 aromatic rings. The molecule has 0 aliphatic rings. The molecule has 3 amide bonds. The summed E-state index contributed by atoms with van der Waals surface area (Å²) in [5.41, 5.74) is 1.29. The van der Waals surface area contributed by atoms with Gasteiger partial charge in [-0.1, -0.05) is 0 Å². The molecule has 1 aromatic carbocycles. The van der Waals surface area contributed by atoms with Crippen molar-refractivity contribution in [3.05, 3.63) is 24.3 Å². The number of nitrogens with zero attached hydrogens (tertiary/aromatic N) is 1. The molecule has 0 unspecified atom stereocenters. The summed E-state index contributed by atoms with van der Waals surface area (Å²) in [5.74, 6) is -0.476. The molecule has 1 atom stereocenters. The summed E-state index contributed by atoms with van der Waals surface area (Å²) in [4.78, 5) is 36.7. The lowest BCUT2D eigenvalue weighted by Gasteiger charge is -2.23. The number of amides is 3. The van der Waals surface area contributed by atoms with E-state index in [9.17, 15) is 14.4 Å². The van der Waals surface area contributed by atoms with Gasteiger partial charge in [0, 0.05) is 24.3 Å². The van der Waals surface area contributed by atoms with Crippen LogP contribution in [0.3, 0.4) is 0 Å². The molecule has 132 valence electrons. The first-order valence-corrected chi connectivity index (χ1v) is 7.87. The third-order valence-corrected chi connectivity index (χ3v) is 3.36. The Morgan fingerprint density at radius 2 is 1.50 bits per heavy atom. The van der Waals surface area contributed by atoms with E-state index in [-0.39, 0.29) is 30.3 Å². The summed E-state index contributed by atoms with van der Waals surface area (Å²) in [7, 11) is 1.73. The molecule has 0 radical (unpaired) electrons. The average Bonchev–Trinajstić information content (AvgIpc) is 2.46. The molecule has 0 fully saturated rings. The summed E-state index contributed by atoms with van der Waals surface area (Å²) >= 11 is 0. The van der Waals surface area contributed by atoms with Gasteiger partial charge < -0.3 is 16.0 Å². The van der Waals surface area contributed by atoms with E-state index in [0.29, 0.717) is 11.4 Å². The second-order valence-corrected chi connectivity index (χ2v) is 6.06. The first-order valence-electron chi connectivity index (χ1n) is 7.87. The molecule has 0 spiro atoms. The van der Waals surface area contributed by atoms with E-state index < -0.39 is 6.04 Å². The molecule has 7 heteroatoms. The van der Waals surface area contributed by atoms with E-state index in [0.717, 1.165) is 0 Å². The largest absolute Gasteiger partial charge is 0.353 e. The highest BCUT2D eigenvalue weighted by atomic mass is 16.2. The minimum Gasteiger partial charge on any atom is -0.353 e. The van der Waals surface area contributed by atoms with E-state index in [4.69, 9.17) is 0 Å². The fraction of sp³-hybridized carbons (Fsp3) is 0.471. The molecule has 0 saturated heterocycles. The monoisotopic (exact) mass is 334 g/mol. The molecular formula is C17H26N4O3. The van der Waals surface area contributed by atoms with Crippen LogP contribution in [0.25, 0.3) is 0 Å². The van der Waals surface area contributed by atoms with Gasteiger partial charge in [0.05, 0.1) is 12.6 Å². The molecule has 1 rings (SSSR count). The number of nitrogens with one attached hydrogen (secondary N) is 3. The molecule has 3 N–H and O–H groups in total. The molecule has 0 saturated carbocycles. The fourth-order valence-corrected chi connectivity index (χ4v) is 2.02. The quantitative estimate of drug-likeness (QED) is 0.703. The van der Waals surface area contributed by atoms with Crippen LogP contribution in [0.15, 0.2) is 24.3 Å². The highest BCUT2D eigenvalue weighted by molar-refractivity contribution is 5.95. The van der Waals surface area contributed by atoms with Gasteiger partial charge in [-0.2, -0.15) is 0 Å². The summed E-state index contributed by atoms with van der Waals surface area (Å²) < 4.78 is 0. The van der Waals surface area contributed by atoms with Crippen LogP contribution in [0.5, 0.6) is 0 Å². The van der Waals surface area contributed by atoms with Crippen LogP contribution in [0.4, 0.5) is 11.4 Å². The molecule has 0 aromatic heterocycles. The van der Waals surface area contributed by atoms with Crippen LogP contribution < -0.4 is 16.0 Å². The summed E-state index contributed by atoms with van der Waals surface area (Å²) in [5, 5.41) is 8.24. The predicted molar refractivity (Wildman–Crippen MR) is 94.7 cm³/mol. The van der Waals surface area contributed by atoms with Gasteiger partial charge >= 0.3 is 0 Å². The van der Waals surface area contributed by atoms with Crippen LogP contribution >= 0.6 is 0 Å². The molecular weight excluding hydrogens is 308 g/mol. The van der Waals surface area contributed by atoms with Crippen molar-refractivity contribution < 1.29 is 14.4 Å². The molecule has 0 aliphatic carbocycles. The second kappa shape index (κ2) is 9.02. The lowest BCUT2D eigenvalue weighted by Crippen LogP contribution is -2.45. The number of benzene rings is 1. The maximum atomic E-state index is 12.3. The molecule has 0 heterocycles. The zero-order valence-electron chi connectivity index (χ0n) is 14.8. The van der Waals surface area contributed by atoms with Crippen LogP contribution in [0.1, 0.15) is 27.7 Å². The van der Waals surface area contributed by atoms with Crippen molar-refractivity contribution in [1.29, 1.82) is 0 Å². The van der Waals surface area contributed by atoms with Crippen LogP contribution in [0.2, 0.25) is 0 Å². The van der Waals surface area contributed by atoms with E-state index in [1.165, 1.54) is 6.92 Å².